The van der Waals surface area contributed by atoms with Crippen molar-refractivity contribution in [3.8, 4) is 0 Å². The minimum atomic E-state index is -0.627. The summed E-state index contributed by atoms with van der Waals surface area (Å²) < 4.78 is 5.96. The standard InChI is InChI=1S/C22H17N3O3S/c1-11-6-7-16-15(9-11)19(26)17-18(14-5-4-8-23-10-14)25(21(27)20(17)28-16)22-24-12(2)13(3)29-22/h4-10,18H,1-3H3. The van der Waals surface area contributed by atoms with Crippen LogP contribution in [0.5, 0.6) is 0 Å². The molecule has 1 aromatic carbocycles. The van der Waals surface area contributed by atoms with Gasteiger partial charge in [-0.05, 0) is 44.5 Å². The summed E-state index contributed by atoms with van der Waals surface area (Å²) in [5.74, 6) is -0.284. The van der Waals surface area contributed by atoms with Crippen molar-refractivity contribution >= 4 is 33.3 Å². The Morgan fingerprint density at radius 1 is 1.14 bits per heavy atom. The fraction of sp³-hybridized carbons (Fsp3) is 0.182. The number of carbonyl (C=O) groups is 1. The topological polar surface area (TPSA) is 76.3 Å². The highest BCUT2D eigenvalue weighted by Crippen LogP contribution is 2.42. The minimum absolute atomic E-state index is 0.0747. The van der Waals surface area contributed by atoms with E-state index < -0.39 is 6.04 Å². The molecule has 0 radical (unpaired) electrons. The summed E-state index contributed by atoms with van der Waals surface area (Å²) in [6.45, 7) is 5.79. The monoisotopic (exact) mass is 403 g/mol. The van der Waals surface area contributed by atoms with Crippen LogP contribution in [0.15, 0.2) is 51.9 Å². The molecule has 0 saturated heterocycles. The number of fused-ring (bicyclic) bond motifs is 2. The number of benzene rings is 1. The van der Waals surface area contributed by atoms with E-state index in [0.717, 1.165) is 21.7 Å². The van der Waals surface area contributed by atoms with Gasteiger partial charge in [-0.15, -0.1) is 11.3 Å². The maximum absolute atomic E-state index is 13.5. The largest absolute Gasteiger partial charge is 0.450 e. The number of rotatable bonds is 2. The average molecular weight is 403 g/mol. The second kappa shape index (κ2) is 6.35. The van der Waals surface area contributed by atoms with E-state index in [-0.39, 0.29) is 17.1 Å². The van der Waals surface area contributed by atoms with Crippen molar-refractivity contribution < 1.29 is 9.21 Å². The minimum Gasteiger partial charge on any atom is -0.450 e. The fourth-order valence-electron chi connectivity index (χ4n) is 3.70. The summed E-state index contributed by atoms with van der Waals surface area (Å²) in [7, 11) is 0. The third kappa shape index (κ3) is 2.61. The van der Waals surface area contributed by atoms with Gasteiger partial charge in [0.25, 0.3) is 5.91 Å². The van der Waals surface area contributed by atoms with Crippen LogP contribution < -0.4 is 10.3 Å². The van der Waals surface area contributed by atoms with E-state index in [1.54, 1.807) is 35.5 Å². The Hall–Kier alpha value is -3.32. The van der Waals surface area contributed by atoms with Crippen LogP contribution in [0.4, 0.5) is 5.13 Å². The van der Waals surface area contributed by atoms with Gasteiger partial charge in [0.2, 0.25) is 5.76 Å². The molecule has 7 heteroatoms. The van der Waals surface area contributed by atoms with E-state index in [4.69, 9.17) is 4.42 Å². The van der Waals surface area contributed by atoms with Crippen molar-refractivity contribution in [1.82, 2.24) is 9.97 Å². The van der Waals surface area contributed by atoms with E-state index in [2.05, 4.69) is 9.97 Å². The molecular formula is C22H17N3O3S. The molecule has 4 aromatic rings. The van der Waals surface area contributed by atoms with Crippen LogP contribution in [-0.2, 0) is 0 Å². The van der Waals surface area contributed by atoms with Gasteiger partial charge in [-0.3, -0.25) is 19.5 Å². The number of aryl methyl sites for hydroxylation is 3. The number of nitrogens with zero attached hydrogens (tertiary/aromatic N) is 3. The zero-order chi connectivity index (χ0) is 20.3. The predicted molar refractivity (Wildman–Crippen MR) is 112 cm³/mol. The molecule has 1 atom stereocenters. The van der Waals surface area contributed by atoms with Gasteiger partial charge in [-0.25, -0.2) is 4.98 Å². The molecule has 0 spiro atoms. The summed E-state index contributed by atoms with van der Waals surface area (Å²) in [6, 6.07) is 8.42. The Balaban J connectivity index is 1.83. The Bertz CT molecular complexity index is 1320. The Morgan fingerprint density at radius 3 is 2.66 bits per heavy atom. The molecule has 29 heavy (non-hydrogen) atoms. The first kappa shape index (κ1) is 17.8. The summed E-state index contributed by atoms with van der Waals surface area (Å²) in [6.07, 6.45) is 3.34. The van der Waals surface area contributed by atoms with Gasteiger partial charge in [-0.1, -0.05) is 17.7 Å². The number of thiazole rings is 1. The van der Waals surface area contributed by atoms with Gasteiger partial charge in [0.1, 0.15) is 5.58 Å². The zero-order valence-corrected chi connectivity index (χ0v) is 16.9. The van der Waals surface area contributed by atoms with Crippen LogP contribution in [0.25, 0.3) is 11.0 Å². The summed E-state index contributed by atoms with van der Waals surface area (Å²) in [5.41, 5.74) is 3.11. The fourth-order valence-corrected chi connectivity index (χ4v) is 4.63. The molecule has 144 valence electrons. The highest BCUT2D eigenvalue weighted by atomic mass is 32.1. The summed E-state index contributed by atoms with van der Waals surface area (Å²) >= 11 is 1.43. The van der Waals surface area contributed by atoms with Crippen LogP contribution in [0, 0.1) is 20.8 Å². The number of carbonyl (C=O) groups excluding carboxylic acids is 1. The lowest BCUT2D eigenvalue weighted by Gasteiger charge is -2.22. The lowest BCUT2D eigenvalue weighted by molar-refractivity contribution is 0.0971. The van der Waals surface area contributed by atoms with Crippen LogP contribution in [0.3, 0.4) is 0 Å². The van der Waals surface area contributed by atoms with E-state index >= 15 is 0 Å². The predicted octanol–water partition coefficient (Wildman–Crippen LogP) is 4.32. The highest BCUT2D eigenvalue weighted by molar-refractivity contribution is 7.15. The van der Waals surface area contributed by atoms with Gasteiger partial charge in [0.15, 0.2) is 10.6 Å². The maximum atomic E-state index is 13.5. The molecule has 1 amide bonds. The van der Waals surface area contributed by atoms with Crippen LogP contribution in [-0.4, -0.2) is 15.9 Å². The SMILES string of the molecule is Cc1ccc2oc3c(c(=O)c2c1)C(c1cccnc1)N(c1nc(C)c(C)s1)C3=O. The summed E-state index contributed by atoms with van der Waals surface area (Å²) in [4.78, 5) is 38.2. The number of hydrogen-bond donors (Lipinski definition) is 0. The van der Waals surface area contributed by atoms with Crippen molar-refractivity contribution in [3.05, 3.63) is 86.0 Å². The Kier molecular flexibility index (Phi) is 3.89. The van der Waals surface area contributed by atoms with Crippen molar-refractivity contribution in [2.45, 2.75) is 26.8 Å². The van der Waals surface area contributed by atoms with E-state index in [0.29, 0.717) is 21.7 Å². The smallest absolute Gasteiger partial charge is 0.297 e. The molecule has 0 fully saturated rings. The van der Waals surface area contributed by atoms with Crippen molar-refractivity contribution in [3.63, 3.8) is 0 Å². The molecule has 3 aromatic heterocycles. The first-order valence-corrected chi connectivity index (χ1v) is 10.0. The third-order valence-corrected chi connectivity index (χ3v) is 6.32. The normalized spacial score (nSPS) is 15.9. The first-order chi connectivity index (χ1) is 14.0. The molecule has 1 aliphatic heterocycles. The van der Waals surface area contributed by atoms with Gasteiger partial charge in [0, 0.05) is 17.3 Å². The third-order valence-electron chi connectivity index (χ3n) is 5.25. The maximum Gasteiger partial charge on any atom is 0.297 e. The molecule has 4 heterocycles. The second-order valence-electron chi connectivity index (χ2n) is 7.18. The van der Waals surface area contributed by atoms with Crippen molar-refractivity contribution in [2.24, 2.45) is 0 Å². The molecular weight excluding hydrogens is 386 g/mol. The zero-order valence-electron chi connectivity index (χ0n) is 16.1. The highest BCUT2D eigenvalue weighted by Gasteiger charge is 2.45. The van der Waals surface area contributed by atoms with Crippen LogP contribution in [0.2, 0.25) is 0 Å². The van der Waals surface area contributed by atoms with Crippen LogP contribution in [0.1, 0.15) is 43.9 Å². The molecule has 1 unspecified atom stereocenters. The van der Waals surface area contributed by atoms with E-state index in [1.807, 2.05) is 32.9 Å². The molecule has 5 rings (SSSR count). The van der Waals surface area contributed by atoms with Gasteiger partial charge in [-0.2, -0.15) is 0 Å². The van der Waals surface area contributed by atoms with Gasteiger partial charge < -0.3 is 4.42 Å². The van der Waals surface area contributed by atoms with Crippen molar-refractivity contribution in [2.75, 3.05) is 4.90 Å². The number of anilines is 1. The summed E-state index contributed by atoms with van der Waals surface area (Å²) in [5, 5.41) is 1.02. The number of aromatic nitrogens is 2. The second-order valence-corrected chi connectivity index (χ2v) is 8.36. The lowest BCUT2D eigenvalue weighted by Crippen LogP contribution is -2.29. The van der Waals surface area contributed by atoms with Crippen molar-refractivity contribution in [1.29, 1.82) is 0 Å². The number of hydrogen-bond acceptors (Lipinski definition) is 6. The number of amides is 1. The molecule has 0 saturated carbocycles. The Labute approximate surface area is 170 Å². The van der Waals surface area contributed by atoms with Gasteiger partial charge in [0.05, 0.1) is 22.7 Å². The van der Waals surface area contributed by atoms with Gasteiger partial charge >= 0.3 is 0 Å². The van der Waals surface area contributed by atoms with Crippen LogP contribution >= 0.6 is 11.3 Å². The average Bonchev–Trinajstić information content (AvgIpc) is 3.20. The molecule has 0 aliphatic carbocycles. The number of pyridine rings is 1. The first-order valence-electron chi connectivity index (χ1n) is 9.20. The molecule has 1 aliphatic rings. The Morgan fingerprint density at radius 2 is 1.97 bits per heavy atom. The quantitative estimate of drug-likeness (QED) is 0.498. The molecule has 0 bridgehead atoms. The molecule has 6 nitrogen and oxygen atoms in total. The molecule has 0 N–H and O–H groups in total. The van der Waals surface area contributed by atoms with E-state index in [1.165, 1.54) is 11.3 Å². The lowest BCUT2D eigenvalue weighted by atomic mass is 10.00. The van der Waals surface area contributed by atoms with E-state index in [9.17, 15) is 9.59 Å².